The first-order valence-corrected chi connectivity index (χ1v) is 6.73. The van der Waals surface area contributed by atoms with Crippen molar-refractivity contribution in [1.29, 1.82) is 0 Å². The number of benzene rings is 2. The zero-order chi connectivity index (χ0) is 14.5. The van der Waals surface area contributed by atoms with Crippen molar-refractivity contribution in [3.63, 3.8) is 0 Å². The molecule has 0 heterocycles. The van der Waals surface area contributed by atoms with E-state index in [1.54, 1.807) is 14.0 Å². The zero-order valence-electron chi connectivity index (χ0n) is 12.2. The Bertz CT molecular complexity index is 552. The molecule has 0 radical (unpaired) electrons. The lowest BCUT2D eigenvalue weighted by atomic mass is 10.1. The average molecular weight is 271 g/mol. The Hall–Kier alpha value is -2.00. The van der Waals surface area contributed by atoms with E-state index in [2.05, 4.69) is 17.0 Å². The molecule has 3 heteroatoms. The summed E-state index contributed by atoms with van der Waals surface area (Å²) < 4.78 is 5.36. The largest absolute Gasteiger partial charge is 0.496 e. The van der Waals surface area contributed by atoms with Gasteiger partial charge in [0.15, 0.2) is 0 Å². The van der Waals surface area contributed by atoms with E-state index in [0.717, 1.165) is 23.5 Å². The Morgan fingerprint density at radius 2 is 1.80 bits per heavy atom. The molecule has 0 bridgehead atoms. The summed E-state index contributed by atoms with van der Waals surface area (Å²) in [5.74, 6) is 0.720. The van der Waals surface area contributed by atoms with Crippen molar-refractivity contribution in [1.82, 2.24) is 0 Å². The Morgan fingerprint density at radius 3 is 2.40 bits per heavy atom. The highest BCUT2D eigenvalue weighted by Gasteiger charge is 2.16. The molecule has 1 atom stereocenters. The van der Waals surface area contributed by atoms with Gasteiger partial charge in [-0.3, -0.25) is 0 Å². The van der Waals surface area contributed by atoms with E-state index in [1.165, 1.54) is 5.56 Å². The van der Waals surface area contributed by atoms with Gasteiger partial charge in [-0.05, 0) is 24.6 Å². The fourth-order valence-electron chi connectivity index (χ4n) is 2.41. The molecule has 0 saturated heterocycles. The van der Waals surface area contributed by atoms with E-state index in [9.17, 15) is 5.11 Å². The van der Waals surface area contributed by atoms with Crippen LogP contribution >= 0.6 is 0 Å². The van der Waals surface area contributed by atoms with Gasteiger partial charge >= 0.3 is 0 Å². The third kappa shape index (κ3) is 3.11. The molecular formula is C17H21NO2. The second kappa shape index (κ2) is 6.44. The topological polar surface area (TPSA) is 32.7 Å². The molecule has 0 aliphatic heterocycles. The van der Waals surface area contributed by atoms with Gasteiger partial charge in [0.2, 0.25) is 0 Å². The van der Waals surface area contributed by atoms with Crippen molar-refractivity contribution in [2.24, 2.45) is 0 Å². The fraction of sp³-hybridized carbons (Fsp3) is 0.294. The third-order valence-electron chi connectivity index (χ3n) is 3.35. The number of aliphatic hydroxyl groups excluding tert-OH is 1. The monoisotopic (exact) mass is 271 g/mol. The maximum Gasteiger partial charge on any atom is 0.126 e. The molecule has 0 fully saturated rings. The van der Waals surface area contributed by atoms with Crippen LogP contribution in [0.1, 0.15) is 24.2 Å². The van der Waals surface area contributed by atoms with Gasteiger partial charge in [0.1, 0.15) is 5.75 Å². The standard InChI is InChI=1S/C17H21NO2/c1-13(19)17-15(10-7-11-16(17)20-3)18(2)12-14-8-5-4-6-9-14/h4-11,13,19H,12H2,1-3H3. The first kappa shape index (κ1) is 14.4. The van der Waals surface area contributed by atoms with Gasteiger partial charge in [-0.2, -0.15) is 0 Å². The number of nitrogens with zero attached hydrogens (tertiary/aromatic N) is 1. The minimum atomic E-state index is -0.570. The SMILES string of the molecule is COc1cccc(N(C)Cc2ccccc2)c1C(C)O. The molecule has 0 saturated carbocycles. The summed E-state index contributed by atoms with van der Waals surface area (Å²) in [7, 11) is 3.65. The van der Waals surface area contributed by atoms with Crippen molar-refractivity contribution in [2.45, 2.75) is 19.6 Å². The van der Waals surface area contributed by atoms with E-state index in [4.69, 9.17) is 4.74 Å². The van der Waals surface area contributed by atoms with Gasteiger partial charge in [-0.15, -0.1) is 0 Å². The Labute approximate surface area is 120 Å². The molecule has 2 aromatic carbocycles. The van der Waals surface area contributed by atoms with Crippen LogP contribution in [0.25, 0.3) is 0 Å². The summed E-state index contributed by atoms with van der Waals surface area (Å²) in [6, 6.07) is 16.1. The predicted octanol–water partition coefficient (Wildman–Crippen LogP) is 3.38. The number of aliphatic hydroxyl groups is 1. The number of methoxy groups -OCH3 is 1. The van der Waals surface area contributed by atoms with E-state index in [-0.39, 0.29) is 0 Å². The number of ether oxygens (including phenoxy) is 1. The van der Waals surface area contributed by atoms with Crippen LogP contribution in [-0.2, 0) is 6.54 Å². The van der Waals surface area contributed by atoms with Gasteiger partial charge in [0.25, 0.3) is 0 Å². The lowest BCUT2D eigenvalue weighted by Gasteiger charge is -2.25. The molecule has 0 aliphatic carbocycles. The van der Waals surface area contributed by atoms with Crippen LogP contribution in [0.2, 0.25) is 0 Å². The molecule has 2 rings (SSSR count). The minimum Gasteiger partial charge on any atom is -0.496 e. The van der Waals surface area contributed by atoms with Crippen molar-refractivity contribution >= 4 is 5.69 Å². The van der Waals surface area contributed by atoms with Crippen LogP contribution in [0.5, 0.6) is 5.75 Å². The van der Waals surface area contributed by atoms with Crippen molar-refractivity contribution in [2.75, 3.05) is 19.1 Å². The summed E-state index contributed by atoms with van der Waals surface area (Å²) in [5.41, 5.74) is 3.05. The number of hydrogen-bond donors (Lipinski definition) is 1. The number of hydrogen-bond acceptors (Lipinski definition) is 3. The third-order valence-corrected chi connectivity index (χ3v) is 3.35. The minimum absolute atomic E-state index is 0.570. The molecule has 0 amide bonds. The maximum absolute atomic E-state index is 10.0. The lowest BCUT2D eigenvalue weighted by Crippen LogP contribution is -2.19. The van der Waals surface area contributed by atoms with Gasteiger partial charge in [0, 0.05) is 24.8 Å². The van der Waals surface area contributed by atoms with Crippen LogP contribution in [0.15, 0.2) is 48.5 Å². The van der Waals surface area contributed by atoms with E-state index in [0.29, 0.717) is 0 Å². The normalized spacial score (nSPS) is 12.0. The van der Waals surface area contributed by atoms with Crippen molar-refractivity contribution < 1.29 is 9.84 Å². The van der Waals surface area contributed by atoms with Crippen LogP contribution < -0.4 is 9.64 Å². The number of rotatable bonds is 5. The molecule has 1 unspecified atom stereocenters. The first-order valence-electron chi connectivity index (χ1n) is 6.73. The Balaban J connectivity index is 2.32. The Kier molecular flexibility index (Phi) is 4.64. The maximum atomic E-state index is 10.0. The number of anilines is 1. The first-order chi connectivity index (χ1) is 9.63. The van der Waals surface area contributed by atoms with Gasteiger partial charge < -0.3 is 14.7 Å². The quantitative estimate of drug-likeness (QED) is 0.905. The summed E-state index contributed by atoms with van der Waals surface area (Å²) in [4.78, 5) is 2.12. The fourth-order valence-corrected chi connectivity index (χ4v) is 2.41. The Morgan fingerprint density at radius 1 is 1.10 bits per heavy atom. The molecule has 1 N–H and O–H groups in total. The highest BCUT2D eigenvalue weighted by Crippen LogP contribution is 2.34. The predicted molar refractivity (Wildman–Crippen MR) is 82.2 cm³/mol. The summed E-state index contributed by atoms with van der Waals surface area (Å²) >= 11 is 0. The van der Waals surface area contributed by atoms with Crippen molar-refractivity contribution in [3.05, 3.63) is 59.7 Å². The van der Waals surface area contributed by atoms with Crippen LogP contribution in [0.3, 0.4) is 0 Å². The highest BCUT2D eigenvalue weighted by molar-refractivity contribution is 5.60. The van der Waals surface area contributed by atoms with Gasteiger partial charge in [0.05, 0.1) is 13.2 Å². The van der Waals surface area contributed by atoms with Crippen LogP contribution in [0.4, 0.5) is 5.69 Å². The summed E-state index contributed by atoms with van der Waals surface area (Å²) in [6.07, 6.45) is -0.570. The summed E-state index contributed by atoms with van der Waals surface area (Å²) in [6.45, 7) is 2.55. The van der Waals surface area contributed by atoms with Crippen LogP contribution in [-0.4, -0.2) is 19.3 Å². The average Bonchev–Trinajstić information content (AvgIpc) is 2.47. The van der Waals surface area contributed by atoms with E-state index < -0.39 is 6.10 Å². The molecule has 0 spiro atoms. The lowest BCUT2D eigenvalue weighted by molar-refractivity contribution is 0.194. The van der Waals surface area contributed by atoms with Gasteiger partial charge in [-0.1, -0.05) is 36.4 Å². The molecule has 0 aromatic heterocycles. The van der Waals surface area contributed by atoms with E-state index >= 15 is 0 Å². The molecule has 20 heavy (non-hydrogen) atoms. The molecule has 106 valence electrons. The van der Waals surface area contributed by atoms with Crippen LogP contribution in [0, 0.1) is 0 Å². The second-order valence-electron chi connectivity index (χ2n) is 4.91. The molecule has 0 aliphatic rings. The zero-order valence-corrected chi connectivity index (χ0v) is 12.2. The highest BCUT2D eigenvalue weighted by atomic mass is 16.5. The molecule has 2 aromatic rings. The van der Waals surface area contributed by atoms with E-state index in [1.807, 2.05) is 43.4 Å². The van der Waals surface area contributed by atoms with Gasteiger partial charge in [-0.25, -0.2) is 0 Å². The molecular weight excluding hydrogens is 250 g/mol. The summed E-state index contributed by atoms with van der Waals surface area (Å²) in [5, 5.41) is 10.0. The van der Waals surface area contributed by atoms with Crippen molar-refractivity contribution in [3.8, 4) is 5.75 Å². The second-order valence-corrected chi connectivity index (χ2v) is 4.91. The smallest absolute Gasteiger partial charge is 0.126 e. The molecule has 3 nitrogen and oxygen atoms in total.